The van der Waals surface area contributed by atoms with Crippen molar-refractivity contribution in [3.05, 3.63) is 71.5 Å². The molecule has 3 aromatic rings. The number of nitrogens with zero attached hydrogens (tertiary/aromatic N) is 1. The van der Waals surface area contributed by atoms with Gasteiger partial charge in [-0.15, -0.1) is 0 Å². The number of hydrogen-bond acceptors (Lipinski definition) is 3. The Kier molecular flexibility index (Phi) is 4.07. The van der Waals surface area contributed by atoms with Gasteiger partial charge < -0.3 is 9.84 Å². The van der Waals surface area contributed by atoms with Crippen molar-refractivity contribution >= 4 is 10.8 Å². The highest BCUT2D eigenvalue weighted by molar-refractivity contribution is 5.82. The van der Waals surface area contributed by atoms with Gasteiger partial charge in [0.1, 0.15) is 18.5 Å². The molecule has 3 heteroatoms. The minimum Gasteiger partial charge on any atom is -0.491 e. The SMILES string of the molecule is Cc1ccc(C)c(C(O)COc2ccc3ccncc3c2)c1. The van der Waals surface area contributed by atoms with E-state index in [-0.39, 0.29) is 6.61 Å². The minimum atomic E-state index is -0.635. The van der Waals surface area contributed by atoms with Crippen LogP contribution in [0.4, 0.5) is 0 Å². The Morgan fingerprint density at radius 1 is 1.05 bits per heavy atom. The van der Waals surface area contributed by atoms with Crippen LogP contribution in [0.2, 0.25) is 0 Å². The van der Waals surface area contributed by atoms with Crippen molar-refractivity contribution in [2.24, 2.45) is 0 Å². The first-order valence-electron chi connectivity index (χ1n) is 7.35. The zero-order valence-electron chi connectivity index (χ0n) is 12.8. The summed E-state index contributed by atoms with van der Waals surface area (Å²) in [5.74, 6) is 0.741. The molecule has 3 nitrogen and oxygen atoms in total. The summed E-state index contributed by atoms with van der Waals surface area (Å²) in [6.07, 6.45) is 2.95. The molecular formula is C19H19NO2. The van der Waals surface area contributed by atoms with Crippen LogP contribution >= 0.6 is 0 Å². The Labute approximate surface area is 130 Å². The molecule has 0 amide bonds. The lowest BCUT2D eigenvalue weighted by molar-refractivity contribution is 0.107. The zero-order chi connectivity index (χ0) is 15.5. The summed E-state index contributed by atoms with van der Waals surface area (Å²) < 4.78 is 5.75. The monoisotopic (exact) mass is 293 g/mol. The molecule has 0 saturated heterocycles. The van der Waals surface area contributed by atoms with Crippen molar-refractivity contribution < 1.29 is 9.84 Å². The molecule has 0 fully saturated rings. The Balaban J connectivity index is 1.74. The molecule has 0 spiro atoms. The highest BCUT2D eigenvalue weighted by Crippen LogP contribution is 2.23. The van der Waals surface area contributed by atoms with Crippen molar-refractivity contribution in [3.63, 3.8) is 0 Å². The fourth-order valence-electron chi connectivity index (χ4n) is 2.54. The third-order valence-electron chi connectivity index (χ3n) is 3.81. The van der Waals surface area contributed by atoms with Gasteiger partial charge in [0, 0.05) is 17.8 Å². The third-order valence-corrected chi connectivity index (χ3v) is 3.81. The predicted molar refractivity (Wildman–Crippen MR) is 88.1 cm³/mol. The zero-order valence-corrected chi connectivity index (χ0v) is 12.8. The molecule has 22 heavy (non-hydrogen) atoms. The van der Waals surface area contributed by atoms with Gasteiger partial charge in [0.15, 0.2) is 0 Å². The first-order chi connectivity index (χ1) is 10.6. The molecule has 112 valence electrons. The van der Waals surface area contributed by atoms with E-state index in [1.807, 2.05) is 62.5 Å². The average Bonchev–Trinajstić information content (AvgIpc) is 2.54. The Morgan fingerprint density at radius 3 is 2.77 bits per heavy atom. The summed E-state index contributed by atoms with van der Waals surface area (Å²) in [4.78, 5) is 4.11. The lowest BCUT2D eigenvalue weighted by atomic mass is 10.0. The summed E-state index contributed by atoms with van der Waals surface area (Å²) in [5.41, 5.74) is 3.13. The molecule has 1 atom stereocenters. The van der Waals surface area contributed by atoms with Gasteiger partial charge in [-0.3, -0.25) is 4.98 Å². The first-order valence-corrected chi connectivity index (χ1v) is 7.35. The molecule has 3 rings (SSSR count). The van der Waals surface area contributed by atoms with E-state index in [2.05, 4.69) is 4.98 Å². The molecule has 0 aliphatic heterocycles. The second-order valence-electron chi connectivity index (χ2n) is 5.57. The number of rotatable bonds is 4. The van der Waals surface area contributed by atoms with Crippen molar-refractivity contribution in [3.8, 4) is 5.75 Å². The van der Waals surface area contributed by atoms with E-state index >= 15 is 0 Å². The molecule has 1 unspecified atom stereocenters. The highest BCUT2D eigenvalue weighted by Gasteiger charge is 2.11. The quantitative estimate of drug-likeness (QED) is 0.791. The fraction of sp³-hybridized carbons (Fsp3) is 0.211. The van der Waals surface area contributed by atoms with Gasteiger partial charge in [0.25, 0.3) is 0 Å². The third kappa shape index (κ3) is 3.10. The summed E-state index contributed by atoms with van der Waals surface area (Å²) in [7, 11) is 0. The second kappa shape index (κ2) is 6.16. The van der Waals surface area contributed by atoms with E-state index in [0.29, 0.717) is 0 Å². The van der Waals surface area contributed by atoms with Crippen molar-refractivity contribution in [2.75, 3.05) is 6.61 Å². The van der Waals surface area contributed by atoms with E-state index < -0.39 is 6.10 Å². The smallest absolute Gasteiger partial charge is 0.120 e. The summed E-state index contributed by atoms with van der Waals surface area (Å²) in [6.45, 7) is 4.25. The summed E-state index contributed by atoms with van der Waals surface area (Å²) in [5, 5.41) is 12.5. The fourth-order valence-corrected chi connectivity index (χ4v) is 2.54. The van der Waals surface area contributed by atoms with Crippen molar-refractivity contribution in [1.29, 1.82) is 0 Å². The van der Waals surface area contributed by atoms with Crippen LogP contribution < -0.4 is 4.74 Å². The highest BCUT2D eigenvalue weighted by atomic mass is 16.5. The lowest BCUT2D eigenvalue weighted by Crippen LogP contribution is -2.11. The second-order valence-corrected chi connectivity index (χ2v) is 5.57. The molecule has 0 bridgehead atoms. The number of benzene rings is 2. The van der Waals surface area contributed by atoms with Gasteiger partial charge >= 0.3 is 0 Å². The molecule has 0 aliphatic carbocycles. The topological polar surface area (TPSA) is 42.4 Å². The predicted octanol–water partition coefficient (Wildman–Crippen LogP) is 3.96. The number of hydrogen-bond donors (Lipinski definition) is 1. The standard InChI is InChI=1S/C19H19NO2/c1-13-3-4-14(2)18(9-13)19(21)12-22-17-6-5-15-7-8-20-11-16(15)10-17/h3-11,19,21H,12H2,1-2H3. The van der Waals surface area contributed by atoms with E-state index in [1.54, 1.807) is 6.20 Å². The minimum absolute atomic E-state index is 0.232. The van der Waals surface area contributed by atoms with Crippen LogP contribution in [0.3, 0.4) is 0 Å². The van der Waals surface area contributed by atoms with Crippen LogP contribution in [0.15, 0.2) is 54.9 Å². The summed E-state index contributed by atoms with van der Waals surface area (Å²) >= 11 is 0. The van der Waals surface area contributed by atoms with Gasteiger partial charge in [0.05, 0.1) is 0 Å². The van der Waals surface area contributed by atoms with E-state index in [0.717, 1.165) is 33.2 Å². The number of aliphatic hydroxyl groups excluding tert-OH is 1. The van der Waals surface area contributed by atoms with Crippen LogP contribution in [0.25, 0.3) is 10.8 Å². The van der Waals surface area contributed by atoms with Gasteiger partial charge in [-0.25, -0.2) is 0 Å². The largest absolute Gasteiger partial charge is 0.491 e. The van der Waals surface area contributed by atoms with Gasteiger partial charge in [-0.2, -0.15) is 0 Å². The normalized spacial score (nSPS) is 12.3. The molecular weight excluding hydrogens is 274 g/mol. The maximum Gasteiger partial charge on any atom is 0.120 e. The molecule has 1 N–H and O–H groups in total. The van der Waals surface area contributed by atoms with E-state index in [9.17, 15) is 5.11 Å². The number of fused-ring (bicyclic) bond motifs is 1. The molecule has 1 aromatic heterocycles. The van der Waals surface area contributed by atoms with Gasteiger partial charge in [-0.05, 0) is 48.6 Å². The number of aryl methyl sites for hydroxylation is 2. The molecule has 0 saturated carbocycles. The first kappa shape index (κ1) is 14.5. The Hall–Kier alpha value is -2.39. The van der Waals surface area contributed by atoms with Crippen LogP contribution in [0, 0.1) is 13.8 Å². The molecule has 0 aliphatic rings. The van der Waals surface area contributed by atoms with Crippen LogP contribution in [-0.4, -0.2) is 16.7 Å². The van der Waals surface area contributed by atoms with Gasteiger partial charge in [-0.1, -0.05) is 29.8 Å². The maximum atomic E-state index is 10.4. The average molecular weight is 293 g/mol. The number of aliphatic hydroxyl groups is 1. The summed E-state index contributed by atoms with van der Waals surface area (Å²) in [6, 6.07) is 13.9. The van der Waals surface area contributed by atoms with E-state index in [4.69, 9.17) is 4.74 Å². The van der Waals surface area contributed by atoms with Crippen LogP contribution in [0.5, 0.6) is 5.75 Å². The van der Waals surface area contributed by atoms with E-state index in [1.165, 1.54) is 0 Å². The van der Waals surface area contributed by atoms with Crippen LogP contribution in [-0.2, 0) is 0 Å². The van der Waals surface area contributed by atoms with Crippen molar-refractivity contribution in [2.45, 2.75) is 20.0 Å². The van der Waals surface area contributed by atoms with Crippen LogP contribution in [0.1, 0.15) is 22.8 Å². The number of pyridine rings is 1. The lowest BCUT2D eigenvalue weighted by Gasteiger charge is -2.16. The molecule has 0 radical (unpaired) electrons. The Morgan fingerprint density at radius 2 is 1.91 bits per heavy atom. The number of aromatic nitrogens is 1. The Bertz CT molecular complexity index is 798. The molecule has 2 aromatic carbocycles. The molecule has 1 heterocycles. The maximum absolute atomic E-state index is 10.4. The van der Waals surface area contributed by atoms with Gasteiger partial charge in [0.2, 0.25) is 0 Å². The number of ether oxygens (including phenoxy) is 1. The van der Waals surface area contributed by atoms with Crippen molar-refractivity contribution in [1.82, 2.24) is 4.98 Å².